The Morgan fingerprint density at radius 3 is 2.74 bits per heavy atom. The van der Waals surface area contributed by atoms with Crippen LogP contribution in [0.1, 0.15) is 43.7 Å². The molecule has 1 fully saturated rings. The fourth-order valence-corrected chi connectivity index (χ4v) is 3.02. The maximum Gasteiger partial charge on any atom is 0.262 e. The van der Waals surface area contributed by atoms with Gasteiger partial charge in [0.2, 0.25) is 0 Å². The zero-order chi connectivity index (χ0) is 16.8. The number of carbonyl (C=O) groups excluding carboxylic acids is 1. The first-order valence-electron chi connectivity index (χ1n) is 8.12. The number of rotatable bonds is 4. The standard InChI is InChI=1S/C19H24N2O2/c1-13-6-4-5-7-18(13)21-19(22)16(12-20)11-15-8-9-17(23-3)10-14(15)2/h8-11,13,18H,4-7H2,1-3H3,(H,21,22)/b16-11+/t13-,18+/m1/s1. The van der Waals surface area contributed by atoms with Crippen molar-refractivity contribution < 1.29 is 9.53 Å². The van der Waals surface area contributed by atoms with Crippen molar-refractivity contribution in [2.24, 2.45) is 5.92 Å². The first-order valence-corrected chi connectivity index (χ1v) is 8.12. The molecule has 1 aromatic rings. The van der Waals surface area contributed by atoms with Crippen molar-refractivity contribution in [3.63, 3.8) is 0 Å². The summed E-state index contributed by atoms with van der Waals surface area (Å²) >= 11 is 0. The Morgan fingerprint density at radius 1 is 1.39 bits per heavy atom. The average molecular weight is 312 g/mol. The van der Waals surface area contributed by atoms with Gasteiger partial charge in [-0.25, -0.2) is 0 Å². The largest absolute Gasteiger partial charge is 0.497 e. The number of amides is 1. The molecule has 1 N–H and O–H groups in total. The minimum absolute atomic E-state index is 0.149. The summed E-state index contributed by atoms with van der Waals surface area (Å²) in [5.41, 5.74) is 1.97. The zero-order valence-corrected chi connectivity index (χ0v) is 14.1. The Kier molecular flexibility index (Phi) is 5.81. The molecule has 23 heavy (non-hydrogen) atoms. The number of hydrogen-bond acceptors (Lipinski definition) is 3. The van der Waals surface area contributed by atoms with Gasteiger partial charge < -0.3 is 10.1 Å². The van der Waals surface area contributed by atoms with Gasteiger partial charge in [0.25, 0.3) is 5.91 Å². The Morgan fingerprint density at radius 2 is 2.13 bits per heavy atom. The van der Waals surface area contributed by atoms with Gasteiger partial charge in [-0.15, -0.1) is 0 Å². The fraction of sp³-hybridized carbons (Fsp3) is 0.474. The second-order valence-electron chi connectivity index (χ2n) is 6.23. The lowest BCUT2D eigenvalue weighted by molar-refractivity contribution is -0.118. The first kappa shape index (κ1) is 17.1. The molecular weight excluding hydrogens is 288 g/mol. The van der Waals surface area contributed by atoms with Gasteiger partial charge in [-0.1, -0.05) is 25.8 Å². The van der Waals surface area contributed by atoms with Crippen LogP contribution in [-0.4, -0.2) is 19.1 Å². The summed E-state index contributed by atoms with van der Waals surface area (Å²) < 4.78 is 5.18. The molecule has 0 aromatic heterocycles. The molecular formula is C19H24N2O2. The van der Waals surface area contributed by atoms with E-state index in [0.29, 0.717) is 5.92 Å². The lowest BCUT2D eigenvalue weighted by atomic mass is 9.86. The van der Waals surface area contributed by atoms with E-state index in [-0.39, 0.29) is 17.5 Å². The second-order valence-corrected chi connectivity index (χ2v) is 6.23. The van der Waals surface area contributed by atoms with Crippen molar-refractivity contribution in [2.75, 3.05) is 7.11 Å². The van der Waals surface area contributed by atoms with Crippen LogP contribution in [0, 0.1) is 24.2 Å². The lowest BCUT2D eigenvalue weighted by Crippen LogP contribution is -2.41. The van der Waals surface area contributed by atoms with Crippen molar-refractivity contribution in [3.05, 3.63) is 34.9 Å². The van der Waals surface area contributed by atoms with E-state index in [1.165, 1.54) is 6.42 Å². The van der Waals surface area contributed by atoms with Crippen LogP contribution in [0.4, 0.5) is 0 Å². The van der Waals surface area contributed by atoms with Crippen LogP contribution in [0.2, 0.25) is 0 Å². The molecule has 4 heteroatoms. The molecule has 122 valence electrons. The molecule has 0 bridgehead atoms. The molecule has 0 spiro atoms. The van der Waals surface area contributed by atoms with Gasteiger partial charge >= 0.3 is 0 Å². The van der Waals surface area contributed by atoms with Crippen LogP contribution in [-0.2, 0) is 4.79 Å². The minimum atomic E-state index is -0.276. The summed E-state index contributed by atoms with van der Waals surface area (Å²) in [6.45, 7) is 4.10. The molecule has 2 rings (SSSR count). The summed E-state index contributed by atoms with van der Waals surface area (Å²) in [7, 11) is 1.61. The van der Waals surface area contributed by atoms with Gasteiger partial charge in [0, 0.05) is 6.04 Å². The SMILES string of the molecule is COc1ccc(/C=C(\C#N)C(=O)N[C@H]2CCCC[C@H]2C)c(C)c1. The summed E-state index contributed by atoms with van der Waals surface area (Å²) in [5, 5.41) is 12.4. The maximum absolute atomic E-state index is 12.4. The summed E-state index contributed by atoms with van der Waals surface area (Å²) in [5.74, 6) is 0.954. The number of benzene rings is 1. The van der Waals surface area contributed by atoms with Gasteiger partial charge in [-0.05, 0) is 55.0 Å². The first-order chi connectivity index (χ1) is 11.0. The van der Waals surface area contributed by atoms with Crippen LogP contribution in [0.25, 0.3) is 6.08 Å². The van der Waals surface area contributed by atoms with Gasteiger partial charge in [-0.3, -0.25) is 4.79 Å². The summed E-state index contributed by atoms with van der Waals surface area (Å²) in [4.78, 5) is 12.4. The van der Waals surface area contributed by atoms with Gasteiger partial charge in [-0.2, -0.15) is 5.26 Å². The predicted octanol–water partition coefficient (Wildman–Crippen LogP) is 3.61. The fourth-order valence-electron chi connectivity index (χ4n) is 3.02. The number of carbonyl (C=O) groups is 1. The van der Waals surface area contributed by atoms with Crippen LogP contribution >= 0.6 is 0 Å². The molecule has 1 saturated carbocycles. The highest BCUT2D eigenvalue weighted by Gasteiger charge is 2.24. The molecule has 1 aromatic carbocycles. The average Bonchev–Trinajstić information content (AvgIpc) is 2.55. The van der Waals surface area contributed by atoms with E-state index in [0.717, 1.165) is 36.1 Å². The van der Waals surface area contributed by atoms with Crippen molar-refractivity contribution in [3.8, 4) is 11.8 Å². The number of aryl methyl sites for hydroxylation is 1. The normalized spacial score (nSPS) is 21.4. The Balaban J connectivity index is 2.15. The third kappa shape index (κ3) is 4.35. The van der Waals surface area contributed by atoms with E-state index < -0.39 is 0 Å². The molecule has 0 heterocycles. The number of hydrogen-bond donors (Lipinski definition) is 1. The zero-order valence-electron chi connectivity index (χ0n) is 14.1. The van der Waals surface area contributed by atoms with E-state index in [1.807, 2.05) is 31.2 Å². The molecule has 2 atom stereocenters. The highest BCUT2D eigenvalue weighted by Crippen LogP contribution is 2.24. The van der Waals surface area contributed by atoms with Crippen LogP contribution in [0.15, 0.2) is 23.8 Å². The quantitative estimate of drug-likeness (QED) is 0.682. The van der Waals surface area contributed by atoms with Crippen molar-refractivity contribution in [1.29, 1.82) is 5.26 Å². The van der Waals surface area contributed by atoms with E-state index in [1.54, 1.807) is 13.2 Å². The highest BCUT2D eigenvalue weighted by molar-refractivity contribution is 6.02. The third-order valence-corrected chi connectivity index (χ3v) is 4.57. The van der Waals surface area contributed by atoms with Crippen LogP contribution in [0.3, 0.4) is 0 Å². The van der Waals surface area contributed by atoms with E-state index in [4.69, 9.17) is 4.74 Å². The van der Waals surface area contributed by atoms with Gasteiger partial charge in [0.1, 0.15) is 17.4 Å². The third-order valence-electron chi connectivity index (χ3n) is 4.57. The van der Waals surface area contributed by atoms with E-state index in [9.17, 15) is 10.1 Å². The number of ether oxygens (including phenoxy) is 1. The molecule has 0 aliphatic heterocycles. The Hall–Kier alpha value is -2.28. The lowest BCUT2D eigenvalue weighted by Gasteiger charge is -2.29. The molecule has 4 nitrogen and oxygen atoms in total. The predicted molar refractivity (Wildman–Crippen MR) is 90.9 cm³/mol. The Bertz CT molecular complexity index is 643. The summed E-state index contributed by atoms with van der Waals surface area (Å²) in [6.07, 6.45) is 6.14. The number of nitrogens with one attached hydrogen (secondary N) is 1. The summed E-state index contributed by atoms with van der Waals surface area (Å²) in [6, 6.07) is 7.78. The number of nitrogens with zero attached hydrogens (tertiary/aromatic N) is 1. The van der Waals surface area contributed by atoms with Crippen LogP contribution in [0.5, 0.6) is 5.75 Å². The number of nitriles is 1. The minimum Gasteiger partial charge on any atom is -0.497 e. The van der Waals surface area contributed by atoms with E-state index >= 15 is 0 Å². The van der Waals surface area contributed by atoms with Crippen molar-refractivity contribution in [1.82, 2.24) is 5.32 Å². The molecule has 1 aliphatic rings. The van der Waals surface area contributed by atoms with Gasteiger partial charge in [0.05, 0.1) is 7.11 Å². The topological polar surface area (TPSA) is 62.1 Å². The smallest absolute Gasteiger partial charge is 0.262 e. The Labute approximate surface area is 138 Å². The van der Waals surface area contributed by atoms with E-state index in [2.05, 4.69) is 12.2 Å². The van der Waals surface area contributed by atoms with Crippen molar-refractivity contribution >= 4 is 12.0 Å². The molecule has 0 saturated heterocycles. The monoisotopic (exact) mass is 312 g/mol. The highest BCUT2D eigenvalue weighted by atomic mass is 16.5. The molecule has 1 aliphatic carbocycles. The van der Waals surface area contributed by atoms with Gasteiger partial charge in [0.15, 0.2) is 0 Å². The maximum atomic E-state index is 12.4. The van der Waals surface area contributed by atoms with Crippen LogP contribution < -0.4 is 10.1 Å². The molecule has 0 radical (unpaired) electrons. The number of methoxy groups -OCH3 is 1. The molecule has 1 amide bonds. The molecule has 0 unspecified atom stereocenters. The second kappa shape index (κ2) is 7.82. The van der Waals surface area contributed by atoms with Crippen molar-refractivity contribution in [2.45, 2.75) is 45.6 Å².